The molecule has 2 aromatic carbocycles. The minimum absolute atomic E-state index is 0.0819. The van der Waals surface area contributed by atoms with Crippen LogP contribution >= 0.6 is 0 Å². The molecule has 1 aliphatic rings. The summed E-state index contributed by atoms with van der Waals surface area (Å²) in [6.07, 6.45) is -4.06. The summed E-state index contributed by atoms with van der Waals surface area (Å²) in [4.78, 5) is 38.1. The molecule has 0 unspecified atom stereocenters. The highest BCUT2D eigenvalue weighted by Crippen LogP contribution is 2.25. The fraction of sp³-hybridized carbons (Fsp3) is 0.286. The van der Waals surface area contributed by atoms with E-state index in [4.69, 9.17) is 0 Å². The fourth-order valence-electron chi connectivity index (χ4n) is 3.02. The van der Waals surface area contributed by atoms with Crippen molar-refractivity contribution in [3.63, 3.8) is 0 Å². The molecule has 0 bridgehead atoms. The first-order chi connectivity index (χ1) is 13.8. The number of rotatable bonds is 6. The van der Waals surface area contributed by atoms with E-state index in [9.17, 15) is 27.6 Å². The molecule has 2 atom stereocenters. The molecular weight excluding hydrogens is 385 g/mol. The molecular formula is C21H19F3N2O3. The lowest BCUT2D eigenvalue weighted by molar-refractivity contribution is -0.143. The molecule has 3 rings (SSSR count). The number of amides is 4. The summed E-state index contributed by atoms with van der Waals surface area (Å²) < 4.78 is 42.2. The monoisotopic (exact) mass is 404 g/mol. The van der Waals surface area contributed by atoms with Crippen LogP contribution in [-0.2, 0) is 9.59 Å². The zero-order chi connectivity index (χ0) is 21.1. The maximum absolute atomic E-state index is 14.6. The molecule has 152 valence electrons. The highest BCUT2D eigenvalue weighted by Gasteiger charge is 2.40. The van der Waals surface area contributed by atoms with Crippen molar-refractivity contribution in [2.24, 2.45) is 0 Å². The summed E-state index contributed by atoms with van der Waals surface area (Å²) in [5.41, 5.74) is 1.30. The summed E-state index contributed by atoms with van der Waals surface area (Å²) in [7, 11) is 0. The molecule has 5 nitrogen and oxygen atoms in total. The lowest BCUT2D eigenvalue weighted by Crippen LogP contribution is -2.56. The number of hydrogen-bond acceptors (Lipinski definition) is 3. The molecule has 1 saturated heterocycles. The molecule has 0 aromatic heterocycles. The van der Waals surface area contributed by atoms with Crippen LogP contribution in [0.1, 0.15) is 35.5 Å². The van der Waals surface area contributed by atoms with Gasteiger partial charge in [-0.05, 0) is 30.2 Å². The van der Waals surface area contributed by atoms with Crippen LogP contribution in [0.15, 0.2) is 48.5 Å². The Morgan fingerprint density at radius 2 is 1.21 bits per heavy atom. The third-order valence-corrected chi connectivity index (χ3v) is 4.72. The Morgan fingerprint density at radius 3 is 1.66 bits per heavy atom. The van der Waals surface area contributed by atoms with Gasteiger partial charge in [-0.15, -0.1) is 0 Å². The minimum atomic E-state index is -1.77. The number of aryl methyl sites for hydroxylation is 1. The Labute approximate surface area is 165 Å². The normalized spacial score (nSPS) is 16.9. The fourth-order valence-corrected chi connectivity index (χ4v) is 3.02. The predicted molar refractivity (Wildman–Crippen MR) is 98.7 cm³/mol. The Balaban J connectivity index is 1.73. The third kappa shape index (κ3) is 4.64. The van der Waals surface area contributed by atoms with Gasteiger partial charge in [-0.25, -0.2) is 18.0 Å². The van der Waals surface area contributed by atoms with Crippen molar-refractivity contribution in [1.82, 2.24) is 9.80 Å². The number of hydrogen-bond donors (Lipinski definition) is 0. The Kier molecular flexibility index (Phi) is 6.00. The van der Waals surface area contributed by atoms with Crippen LogP contribution in [-0.4, -0.2) is 40.7 Å². The lowest BCUT2D eigenvalue weighted by Gasteiger charge is -2.34. The molecule has 0 aliphatic carbocycles. The summed E-state index contributed by atoms with van der Waals surface area (Å²) in [5.74, 6) is -2.23. The number of carbonyl (C=O) groups is 3. The van der Waals surface area contributed by atoms with Crippen LogP contribution in [0.2, 0.25) is 0 Å². The Morgan fingerprint density at radius 1 is 0.793 bits per heavy atom. The number of carbonyl (C=O) groups excluding carboxylic acids is 3. The molecule has 1 heterocycles. The molecule has 1 aliphatic heterocycles. The van der Waals surface area contributed by atoms with Crippen molar-refractivity contribution in [2.75, 3.05) is 13.1 Å². The van der Waals surface area contributed by atoms with Gasteiger partial charge in [0.15, 0.2) is 0 Å². The molecule has 0 radical (unpaired) electrons. The van der Waals surface area contributed by atoms with Crippen LogP contribution in [0, 0.1) is 12.7 Å². The average Bonchev–Trinajstić information content (AvgIpc) is 2.69. The van der Waals surface area contributed by atoms with Crippen LogP contribution in [0.3, 0.4) is 0 Å². The maximum atomic E-state index is 14.6. The van der Waals surface area contributed by atoms with Gasteiger partial charge in [0.1, 0.15) is 24.6 Å². The molecule has 2 aromatic rings. The minimum Gasteiger partial charge on any atom is -0.274 e. The van der Waals surface area contributed by atoms with Crippen molar-refractivity contribution < 1.29 is 27.6 Å². The number of imide groups is 2. The Hall–Kier alpha value is -3.16. The van der Waals surface area contributed by atoms with Gasteiger partial charge >= 0.3 is 6.03 Å². The van der Waals surface area contributed by atoms with Gasteiger partial charge < -0.3 is 0 Å². The standard InChI is InChI=1S/C21H19F3N2O3/c1-13-2-4-14(5-3-13)17(23)11-25-19(27)10-20(28)26(21(25)29)12-18(24)15-6-8-16(22)9-7-15/h2-9,17-18H,10-12H2,1H3/t17-,18+/m1/s1. The highest BCUT2D eigenvalue weighted by molar-refractivity contribution is 6.14. The van der Waals surface area contributed by atoms with Gasteiger partial charge in [0.2, 0.25) is 11.8 Å². The van der Waals surface area contributed by atoms with Gasteiger partial charge in [-0.1, -0.05) is 42.0 Å². The van der Waals surface area contributed by atoms with Crippen LogP contribution < -0.4 is 0 Å². The Bertz CT molecular complexity index is 842. The number of nitrogens with zero attached hydrogens (tertiary/aromatic N) is 2. The summed E-state index contributed by atoms with van der Waals surface area (Å²) in [6.45, 7) is 0.624. The van der Waals surface area contributed by atoms with E-state index in [0.29, 0.717) is 9.80 Å². The maximum Gasteiger partial charge on any atom is 0.333 e. The first-order valence-electron chi connectivity index (χ1n) is 9.01. The quantitative estimate of drug-likeness (QED) is 0.683. The second-order valence-electron chi connectivity index (χ2n) is 6.87. The first kappa shape index (κ1) is 20.6. The number of alkyl halides is 2. The van der Waals surface area contributed by atoms with E-state index < -0.39 is 55.5 Å². The highest BCUT2D eigenvalue weighted by atomic mass is 19.1. The summed E-state index contributed by atoms with van der Waals surface area (Å²) in [6, 6.07) is 9.97. The SMILES string of the molecule is Cc1ccc([C@H](F)CN2C(=O)CC(=O)N(C[C@H](F)c3ccc(F)cc3)C2=O)cc1. The number of barbiturate groups is 1. The molecule has 4 amide bonds. The van der Waals surface area contributed by atoms with Crippen molar-refractivity contribution in [2.45, 2.75) is 25.7 Å². The molecule has 29 heavy (non-hydrogen) atoms. The lowest BCUT2D eigenvalue weighted by atomic mass is 10.1. The van der Waals surface area contributed by atoms with Crippen LogP contribution in [0.5, 0.6) is 0 Å². The van der Waals surface area contributed by atoms with Gasteiger partial charge in [0, 0.05) is 0 Å². The second kappa shape index (κ2) is 8.46. The topological polar surface area (TPSA) is 57.7 Å². The summed E-state index contributed by atoms with van der Waals surface area (Å²) >= 11 is 0. The van der Waals surface area contributed by atoms with Crippen molar-refractivity contribution in [3.05, 3.63) is 71.0 Å². The molecule has 0 spiro atoms. The number of benzene rings is 2. The van der Waals surface area contributed by atoms with Gasteiger partial charge in [-0.2, -0.15) is 0 Å². The third-order valence-electron chi connectivity index (χ3n) is 4.72. The van der Waals surface area contributed by atoms with Gasteiger partial charge in [-0.3, -0.25) is 19.4 Å². The first-order valence-corrected chi connectivity index (χ1v) is 9.01. The van der Waals surface area contributed by atoms with Gasteiger partial charge in [0.05, 0.1) is 13.1 Å². The van der Waals surface area contributed by atoms with E-state index in [1.54, 1.807) is 24.3 Å². The number of halogens is 3. The molecule has 0 saturated carbocycles. The van der Waals surface area contributed by atoms with Crippen LogP contribution in [0.25, 0.3) is 0 Å². The van der Waals surface area contributed by atoms with Crippen molar-refractivity contribution in [1.29, 1.82) is 0 Å². The van der Waals surface area contributed by atoms with E-state index >= 15 is 0 Å². The molecule has 0 N–H and O–H groups in total. The van der Waals surface area contributed by atoms with E-state index in [1.165, 1.54) is 12.1 Å². The molecule has 1 fully saturated rings. The van der Waals surface area contributed by atoms with Crippen LogP contribution in [0.4, 0.5) is 18.0 Å². The predicted octanol–water partition coefficient (Wildman–Crippen LogP) is 4.04. The average molecular weight is 404 g/mol. The van der Waals surface area contributed by atoms with E-state index in [2.05, 4.69) is 0 Å². The smallest absolute Gasteiger partial charge is 0.274 e. The largest absolute Gasteiger partial charge is 0.333 e. The van der Waals surface area contributed by atoms with E-state index in [0.717, 1.165) is 17.7 Å². The van der Waals surface area contributed by atoms with Gasteiger partial charge in [0.25, 0.3) is 0 Å². The summed E-state index contributed by atoms with van der Waals surface area (Å²) in [5, 5.41) is 0. The van der Waals surface area contributed by atoms with Crippen molar-refractivity contribution in [3.8, 4) is 0 Å². The van der Waals surface area contributed by atoms with E-state index in [1.807, 2.05) is 6.92 Å². The molecule has 8 heteroatoms. The zero-order valence-electron chi connectivity index (χ0n) is 15.6. The van der Waals surface area contributed by atoms with Crippen molar-refractivity contribution >= 4 is 17.8 Å². The van der Waals surface area contributed by atoms with E-state index in [-0.39, 0.29) is 11.1 Å². The number of urea groups is 1. The zero-order valence-corrected chi connectivity index (χ0v) is 15.6. The second-order valence-corrected chi connectivity index (χ2v) is 6.87.